The van der Waals surface area contributed by atoms with E-state index in [1.807, 2.05) is 24.6 Å². The first-order chi connectivity index (χ1) is 6.83. The van der Waals surface area contributed by atoms with Crippen LogP contribution < -0.4 is 0 Å². The van der Waals surface area contributed by atoms with E-state index in [2.05, 4.69) is 23.0 Å². The molecule has 76 valence electrons. The van der Waals surface area contributed by atoms with E-state index in [1.54, 1.807) is 0 Å². The van der Waals surface area contributed by atoms with Gasteiger partial charge in [0.05, 0.1) is 0 Å². The fraction of sp³-hybridized carbons (Fsp3) is 0.364. The molecule has 14 heavy (non-hydrogen) atoms. The first-order valence-electron chi connectivity index (χ1n) is 4.68. The number of aldehydes is 1. The molecule has 0 fully saturated rings. The third kappa shape index (κ3) is 2.25. The van der Waals surface area contributed by atoms with Crippen molar-refractivity contribution in [2.45, 2.75) is 12.6 Å². The zero-order chi connectivity index (χ0) is 10.4. The molecule has 3 heteroatoms. The van der Waals surface area contributed by atoms with Gasteiger partial charge in [0.2, 0.25) is 0 Å². The molecule has 0 spiro atoms. The van der Waals surface area contributed by atoms with Crippen LogP contribution in [0.2, 0.25) is 0 Å². The highest BCUT2D eigenvalue weighted by Gasteiger charge is 2.23. The third-order valence-electron chi connectivity index (χ3n) is 2.20. The van der Waals surface area contributed by atoms with Crippen molar-refractivity contribution >= 4 is 6.29 Å². The second-order valence-corrected chi connectivity index (χ2v) is 3.15. The molecule has 1 aliphatic heterocycles. The van der Waals surface area contributed by atoms with E-state index in [9.17, 15) is 4.79 Å². The molecule has 0 aromatic carbocycles. The van der Waals surface area contributed by atoms with Gasteiger partial charge in [-0.05, 0) is 0 Å². The summed E-state index contributed by atoms with van der Waals surface area (Å²) in [6.45, 7) is 8.91. The molecular formula is C11H16N2O. The van der Waals surface area contributed by atoms with Crippen LogP contribution in [0, 0.1) is 0 Å². The Morgan fingerprint density at radius 1 is 1.14 bits per heavy atom. The van der Waals surface area contributed by atoms with Gasteiger partial charge in [-0.1, -0.05) is 12.2 Å². The first kappa shape index (κ1) is 10.6. The minimum absolute atomic E-state index is 0.128. The van der Waals surface area contributed by atoms with Gasteiger partial charge in [0.1, 0.15) is 12.5 Å². The lowest BCUT2D eigenvalue weighted by atomic mass is 10.3. The molecule has 0 aliphatic carbocycles. The van der Waals surface area contributed by atoms with E-state index >= 15 is 0 Å². The highest BCUT2D eigenvalue weighted by atomic mass is 16.1. The Morgan fingerprint density at radius 2 is 1.64 bits per heavy atom. The van der Waals surface area contributed by atoms with Crippen molar-refractivity contribution in [2.24, 2.45) is 0 Å². The summed E-state index contributed by atoms with van der Waals surface area (Å²) >= 11 is 0. The van der Waals surface area contributed by atoms with Gasteiger partial charge in [0, 0.05) is 31.9 Å². The number of rotatable bonds is 6. The molecule has 0 radical (unpaired) electrons. The molecule has 1 aliphatic rings. The summed E-state index contributed by atoms with van der Waals surface area (Å²) in [7, 11) is 0. The van der Waals surface area contributed by atoms with Crippen LogP contribution >= 0.6 is 0 Å². The van der Waals surface area contributed by atoms with E-state index in [1.165, 1.54) is 0 Å². The largest absolute Gasteiger partial charge is 0.352 e. The highest BCUT2D eigenvalue weighted by Crippen LogP contribution is 2.17. The summed E-state index contributed by atoms with van der Waals surface area (Å²) in [6.07, 6.45) is 9.22. The summed E-state index contributed by atoms with van der Waals surface area (Å²) in [5, 5.41) is 0. The van der Waals surface area contributed by atoms with Gasteiger partial charge in [-0.3, -0.25) is 0 Å². The topological polar surface area (TPSA) is 23.6 Å². The molecule has 0 unspecified atom stereocenters. The van der Waals surface area contributed by atoms with Gasteiger partial charge in [-0.25, -0.2) is 0 Å². The molecule has 1 rings (SSSR count). The number of hydrogen-bond donors (Lipinski definition) is 0. The minimum atomic E-state index is 0.128. The maximum absolute atomic E-state index is 10.5. The smallest absolute Gasteiger partial charge is 0.123 e. The predicted molar refractivity (Wildman–Crippen MR) is 57.4 cm³/mol. The molecule has 0 amide bonds. The standard InChI is InChI=1S/C11H16N2O/c1-3-6-12-8-9-13(7-4-2)11(12)5-10-14/h3-4,8-11H,1-2,5-7H2. The van der Waals surface area contributed by atoms with Crippen LogP contribution in [0.1, 0.15) is 6.42 Å². The normalized spacial score (nSPS) is 16.0. The zero-order valence-electron chi connectivity index (χ0n) is 8.30. The van der Waals surface area contributed by atoms with Gasteiger partial charge in [-0.2, -0.15) is 0 Å². The molecular weight excluding hydrogens is 176 g/mol. The monoisotopic (exact) mass is 192 g/mol. The summed E-state index contributed by atoms with van der Waals surface area (Å²) in [6, 6.07) is 0. The Labute approximate surface area is 85.0 Å². The van der Waals surface area contributed by atoms with E-state index < -0.39 is 0 Å². The van der Waals surface area contributed by atoms with Crippen molar-refractivity contribution in [1.29, 1.82) is 0 Å². The van der Waals surface area contributed by atoms with E-state index in [-0.39, 0.29) is 6.17 Å². The SMILES string of the molecule is C=CCN1C=CN(CC=C)C1CC=O. The van der Waals surface area contributed by atoms with E-state index in [0.29, 0.717) is 6.42 Å². The van der Waals surface area contributed by atoms with Crippen molar-refractivity contribution in [3.05, 3.63) is 37.7 Å². The maximum atomic E-state index is 10.5. The Kier molecular flexibility index (Phi) is 3.98. The number of nitrogens with zero attached hydrogens (tertiary/aromatic N) is 2. The first-order valence-corrected chi connectivity index (χ1v) is 4.68. The summed E-state index contributed by atoms with van der Waals surface area (Å²) < 4.78 is 0. The van der Waals surface area contributed by atoms with Crippen LogP contribution in [-0.2, 0) is 4.79 Å². The quantitative estimate of drug-likeness (QED) is 0.469. The molecule has 0 N–H and O–H groups in total. The lowest BCUT2D eigenvalue weighted by molar-refractivity contribution is -0.109. The lowest BCUT2D eigenvalue weighted by Crippen LogP contribution is -2.38. The van der Waals surface area contributed by atoms with Crippen LogP contribution in [0.4, 0.5) is 0 Å². The van der Waals surface area contributed by atoms with Crippen LogP contribution in [0.5, 0.6) is 0 Å². The summed E-state index contributed by atoms with van der Waals surface area (Å²) in [4.78, 5) is 14.7. The van der Waals surface area contributed by atoms with Crippen LogP contribution in [0.25, 0.3) is 0 Å². The van der Waals surface area contributed by atoms with E-state index in [4.69, 9.17) is 0 Å². The third-order valence-corrected chi connectivity index (χ3v) is 2.20. The zero-order valence-corrected chi connectivity index (χ0v) is 8.30. The number of carbonyl (C=O) groups excluding carboxylic acids is 1. The predicted octanol–water partition coefficient (Wildman–Crippen LogP) is 1.36. The van der Waals surface area contributed by atoms with Gasteiger partial charge < -0.3 is 14.6 Å². The van der Waals surface area contributed by atoms with Crippen LogP contribution in [-0.4, -0.2) is 35.3 Å². The van der Waals surface area contributed by atoms with E-state index in [0.717, 1.165) is 19.4 Å². The van der Waals surface area contributed by atoms with Crippen molar-refractivity contribution in [3.63, 3.8) is 0 Å². The van der Waals surface area contributed by atoms with Gasteiger partial charge in [0.15, 0.2) is 0 Å². The van der Waals surface area contributed by atoms with Crippen molar-refractivity contribution < 1.29 is 4.79 Å². The van der Waals surface area contributed by atoms with Gasteiger partial charge >= 0.3 is 0 Å². The fourth-order valence-corrected chi connectivity index (χ4v) is 1.58. The maximum Gasteiger partial charge on any atom is 0.123 e. The molecule has 0 saturated carbocycles. The summed E-state index contributed by atoms with van der Waals surface area (Å²) in [5.74, 6) is 0. The molecule has 0 saturated heterocycles. The number of carbonyl (C=O) groups is 1. The molecule has 3 nitrogen and oxygen atoms in total. The average molecular weight is 192 g/mol. The molecule has 0 aromatic heterocycles. The Morgan fingerprint density at radius 3 is 2.00 bits per heavy atom. The Balaban J connectivity index is 2.62. The molecule has 0 bridgehead atoms. The lowest BCUT2D eigenvalue weighted by Gasteiger charge is -2.30. The Hall–Kier alpha value is -1.51. The second kappa shape index (κ2) is 5.27. The van der Waals surface area contributed by atoms with Gasteiger partial charge in [0.25, 0.3) is 0 Å². The Bertz CT molecular complexity index is 228. The van der Waals surface area contributed by atoms with Crippen LogP contribution in [0.15, 0.2) is 37.7 Å². The summed E-state index contributed by atoms with van der Waals surface area (Å²) in [5.41, 5.74) is 0. The van der Waals surface area contributed by atoms with Crippen LogP contribution in [0.3, 0.4) is 0 Å². The average Bonchev–Trinajstić information content (AvgIpc) is 2.52. The highest BCUT2D eigenvalue weighted by molar-refractivity contribution is 5.50. The molecule has 1 heterocycles. The minimum Gasteiger partial charge on any atom is -0.352 e. The van der Waals surface area contributed by atoms with Crippen molar-refractivity contribution in [2.75, 3.05) is 13.1 Å². The number of hydrogen-bond acceptors (Lipinski definition) is 3. The molecule has 0 aromatic rings. The second-order valence-electron chi connectivity index (χ2n) is 3.15. The fourth-order valence-electron chi connectivity index (χ4n) is 1.58. The van der Waals surface area contributed by atoms with Crippen molar-refractivity contribution in [1.82, 2.24) is 9.80 Å². The van der Waals surface area contributed by atoms with Gasteiger partial charge in [-0.15, -0.1) is 13.2 Å². The molecule has 0 atom stereocenters. The van der Waals surface area contributed by atoms with Crippen molar-refractivity contribution in [3.8, 4) is 0 Å².